The molecular formula is C14H23NOS. The Hall–Kier alpha value is -0.410. The quantitative estimate of drug-likeness (QED) is 0.800. The van der Waals surface area contributed by atoms with Crippen LogP contribution in [0.25, 0.3) is 0 Å². The lowest BCUT2D eigenvalue weighted by Crippen LogP contribution is -2.39. The minimum absolute atomic E-state index is 0.592. The zero-order chi connectivity index (χ0) is 12.1. The maximum atomic E-state index is 5.74. The van der Waals surface area contributed by atoms with Gasteiger partial charge in [0, 0.05) is 6.54 Å². The molecule has 0 bridgehead atoms. The van der Waals surface area contributed by atoms with E-state index in [-0.39, 0.29) is 0 Å². The van der Waals surface area contributed by atoms with Gasteiger partial charge in [-0.3, -0.25) is 0 Å². The summed E-state index contributed by atoms with van der Waals surface area (Å²) in [6.07, 6.45) is 7.60. The van der Waals surface area contributed by atoms with E-state index in [0.29, 0.717) is 5.41 Å². The SMILES string of the molecule is CCC1(CNCc2ccc(CSC)o2)CCC1. The summed E-state index contributed by atoms with van der Waals surface area (Å²) in [5.41, 5.74) is 0.592. The summed E-state index contributed by atoms with van der Waals surface area (Å²) >= 11 is 1.80. The molecule has 2 nitrogen and oxygen atoms in total. The van der Waals surface area contributed by atoms with Crippen molar-refractivity contribution in [3.63, 3.8) is 0 Å². The van der Waals surface area contributed by atoms with Crippen molar-refractivity contribution in [3.8, 4) is 0 Å². The Bertz CT molecular complexity index is 338. The molecule has 96 valence electrons. The van der Waals surface area contributed by atoms with Crippen LogP contribution in [0, 0.1) is 5.41 Å². The molecule has 0 saturated heterocycles. The van der Waals surface area contributed by atoms with Crippen LogP contribution >= 0.6 is 11.8 Å². The van der Waals surface area contributed by atoms with Gasteiger partial charge in [0.25, 0.3) is 0 Å². The molecule has 0 amide bonds. The van der Waals surface area contributed by atoms with Crippen molar-refractivity contribution < 1.29 is 4.42 Å². The minimum atomic E-state index is 0.592. The highest BCUT2D eigenvalue weighted by Gasteiger charge is 2.34. The van der Waals surface area contributed by atoms with E-state index in [1.165, 1.54) is 25.7 Å². The van der Waals surface area contributed by atoms with E-state index in [1.807, 2.05) is 0 Å². The Morgan fingerprint density at radius 1 is 1.35 bits per heavy atom. The van der Waals surface area contributed by atoms with Crippen molar-refractivity contribution in [1.82, 2.24) is 5.32 Å². The van der Waals surface area contributed by atoms with E-state index < -0.39 is 0 Å². The van der Waals surface area contributed by atoms with Gasteiger partial charge in [0.2, 0.25) is 0 Å². The summed E-state index contributed by atoms with van der Waals surface area (Å²) in [4.78, 5) is 0. The average molecular weight is 253 g/mol. The molecule has 1 aliphatic carbocycles. The molecule has 0 aromatic carbocycles. The molecule has 1 aromatic rings. The summed E-state index contributed by atoms with van der Waals surface area (Å²) < 4.78 is 5.74. The molecule has 0 unspecified atom stereocenters. The highest BCUT2D eigenvalue weighted by Crippen LogP contribution is 2.43. The van der Waals surface area contributed by atoms with Crippen molar-refractivity contribution in [2.75, 3.05) is 12.8 Å². The molecule has 0 aliphatic heterocycles. The van der Waals surface area contributed by atoms with Gasteiger partial charge in [0.05, 0.1) is 12.3 Å². The fourth-order valence-electron chi connectivity index (χ4n) is 2.52. The molecule has 1 aromatic heterocycles. The van der Waals surface area contributed by atoms with Crippen molar-refractivity contribution in [2.24, 2.45) is 5.41 Å². The second-order valence-electron chi connectivity index (χ2n) is 5.11. The highest BCUT2D eigenvalue weighted by molar-refractivity contribution is 7.97. The van der Waals surface area contributed by atoms with Crippen molar-refractivity contribution in [1.29, 1.82) is 0 Å². The molecule has 3 heteroatoms. The number of thioether (sulfide) groups is 1. The molecule has 0 atom stereocenters. The lowest BCUT2D eigenvalue weighted by molar-refractivity contribution is 0.123. The van der Waals surface area contributed by atoms with E-state index in [4.69, 9.17) is 4.42 Å². The standard InChI is InChI=1S/C14H23NOS/c1-3-14(7-4-8-14)11-15-9-12-5-6-13(16-12)10-17-2/h5-6,15H,3-4,7-11H2,1-2H3. The van der Waals surface area contributed by atoms with Crippen LogP contribution in [-0.2, 0) is 12.3 Å². The van der Waals surface area contributed by atoms with Crippen LogP contribution in [0.4, 0.5) is 0 Å². The van der Waals surface area contributed by atoms with E-state index in [1.54, 1.807) is 11.8 Å². The molecule has 1 aliphatic rings. The smallest absolute Gasteiger partial charge is 0.118 e. The van der Waals surface area contributed by atoms with E-state index in [9.17, 15) is 0 Å². The molecular weight excluding hydrogens is 230 g/mol. The van der Waals surface area contributed by atoms with Crippen LogP contribution in [0.2, 0.25) is 0 Å². The second kappa shape index (κ2) is 5.96. The fraction of sp³-hybridized carbons (Fsp3) is 0.714. The van der Waals surface area contributed by atoms with Crippen LogP contribution in [0.1, 0.15) is 44.1 Å². The molecule has 1 N–H and O–H groups in total. The molecule has 2 rings (SSSR count). The number of nitrogens with one attached hydrogen (secondary N) is 1. The third kappa shape index (κ3) is 3.29. The summed E-state index contributed by atoms with van der Waals surface area (Å²) in [6.45, 7) is 4.32. The van der Waals surface area contributed by atoms with Crippen LogP contribution in [0.15, 0.2) is 16.5 Å². The first-order valence-corrected chi connectivity index (χ1v) is 7.95. The Kier molecular flexibility index (Phi) is 4.57. The Morgan fingerprint density at radius 3 is 2.71 bits per heavy atom. The van der Waals surface area contributed by atoms with E-state index >= 15 is 0 Å². The second-order valence-corrected chi connectivity index (χ2v) is 5.98. The van der Waals surface area contributed by atoms with Crippen molar-refractivity contribution in [2.45, 2.75) is 44.9 Å². The summed E-state index contributed by atoms with van der Waals surface area (Å²) in [6, 6.07) is 4.18. The van der Waals surface area contributed by atoms with Gasteiger partial charge in [-0.15, -0.1) is 0 Å². The van der Waals surface area contributed by atoms with Crippen molar-refractivity contribution in [3.05, 3.63) is 23.7 Å². The lowest BCUT2D eigenvalue weighted by Gasteiger charge is -2.41. The largest absolute Gasteiger partial charge is 0.464 e. The number of hydrogen-bond acceptors (Lipinski definition) is 3. The molecule has 0 radical (unpaired) electrons. The Morgan fingerprint density at radius 2 is 2.12 bits per heavy atom. The normalized spacial score (nSPS) is 18.0. The fourth-order valence-corrected chi connectivity index (χ4v) is 2.96. The predicted molar refractivity (Wildman–Crippen MR) is 74.2 cm³/mol. The predicted octanol–water partition coefficient (Wildman–Crippen LogP) is 3.81. The van der Waals surface area contributed by atoms with Crippen LogP contribution in [0.5, 0.6) is 0 Å². The highest BCUT2D eigenvalue weighted by atomic mass is 32.2. The third-order valence-corrected chi connectivity index (χ3v) is 4.54. The van der Waals surface area contributed by atoms with Gasteiger partial charge in [0.15, 0.2) is 0 Å². The van der Waals surface area contributed by atoms with Gasteiger partial charge >= 0.3 is 0 Å². The third-order valence-electron chi connectivity index (χ3n) is 3.97. The number of rotatable bonds is 7. The topological polar surface area (TPSA) is 25.2 Å². The van der Waals surface area contributed by atoms with Gasteiger partial charge < -0.3 is 9.73 Å². The summed E-state index contributed by atoms with van der Waals surface area (Å²) in [7, 11) is 0. The number of furan rings is 1. The lowest BCUT2D eigenvalue weighted by atomic mass is 9.67. The Labute approximate surface area is 109 Å². The van der Waals surface area contributed by atoms with Crippen LogP contribution in [-0.4, -0.2) is 12.8 Å². The summed E-state index contributed by atoms with van der Waals surface area (Å²) in [5.74, 6) is 3.13. The van der Waals surface area contributed by atoms with E-state index in [2.05, 4.69) is 30.6 Å². The number of hydrogen-bond donors (Lipinski definition) is 1. The van der Waals surface area contributed by atoms with Crippen LogP contribution in [0.3, 0.4) is 0 Å². The zero-order valence-electron chi connectivity index (χ0n) is 10.9. The maximum Gasteiger partial charge on any atom is 0.118 e. The molecule has 1 fully saturated rings. The zero-order valence-corrected chi connectivity index (χ0v) is 11.7. The van der Waals surface area contributed by atoms with Crippen molar-refractivity contribution >= 4 is 11.8 Å². The van der Waals surface area contributed by atoms with Gasteiger partial charge in [-0.1, -0.05) is 13.3 Å². The van der Waals surface area contributed by atoms with Gasteiger partial charge in [-0.25, -0.2) is 0 Å². The molecule has 1 heterocycles. The first kappa shape index (κ1) is 13.0. The summed E-state index contributed by atoms with van der Waals surface area (Å²) in [5, 5.41) is 3.55. The average Bonchev–Trinajstić information content (AvgIpc) is 2.71. The maximum absolute atomic E-state index is 5.74. The van der Waals surface area contributed by atoms with Crippen LogP contribution < -0.4 is 5.32 Å². The molecule has 0 spiro atoms. The van der Waals surface area contributed by atoms with Gasteiger partial charge in [-0.05, 0) is 43.1 Å². The van der Waals surface area contributed by atoms with E-state index in [0.717, 1.165) is 30.4 Å². The first-order valence-electron chi connectivity index (χ1n) is 6.55. The Balaban J connectivity index is 1.73. The van der Waals surface area contributed by atoms with Gasteiger partial charge in [0.1, 0.15) is 11.5 Å². The minimum Gasteiger partial charge on any atom is -0.464 e. The monoisotopic (exact) mass is 253 g/mol. The molecule has 1 saturated carbocycles. The van der Waals surface area contributed by atoms with Gasteiger partial charge in [-0.2, -0.15) is 11.8 Å². The first-order chi connectivity index (χ1) is 8.28. The molecule has 17 heavy (non-hydrogen) atoms.